The smallest absolute Gasteiger partial charge is 0.407 e. The van der Waals surface area contributed by atoms with Crippen LogP contribution in [-0.4, -0.2) is 39.9 Å². The summed E-state index contributed by atoms with van der Waals surface area (Å²) in [4.78, 5) is 21.5. The molecule has 1 aliphatic carbocycles. The van der Waals surface area contributed by atoms with Crippen LogP contribution in [0.25, 0.3) is 0 Å². The van der Waals surface area contributed by atoms with Crippen molar-refractivity contribution in [3.63, 3.8) is 0 Å². The molecular formula is C11H20N2O5. The Labute approximate surface area is 106 Å². The fourth-order valence-corrected chi connectivity index (χ4v) is 2.12. The summed E-state index contributed by atoms with van der Waals surface area (Å²) in [5.74, 6) is 0. The average Bonchev–Trinajstić information content (AvgIpc) is 2.42. The van der Waals surface area contributed by atoms with Crippen molar-refractivity contribution in [3.8, 4) is 0 Å². The van der Waals surface area contributed by atoms with Crippen LogP contribution < -0.4 is 5.32 Å². The summed E-state index contributed by atoms with van der Waals surface area (Å²) in [5.41, 5.74) is -2.11. The largest absolute Gasteiger partial charge is 0.444 e. The van der Waals surface area contributed by atoms with E-state index in [1.165, 1.54) is 0 Å². The number of nitrogens with zero attached hydrogens (tertiary/aromatic N) is 1. The molecule has 1 fully saturated rings. The van der Waals surface area contributed by atoms with E-state index in [1.807, 2.05) is 0 Å². The fourth-order valence-electron chi connectivity index (χ4n) is 2.12. The monoisotopic (exact) mass is 260 g/mol. The number of hydrogen-bond acceptors (Lipinski definition) is 5. The number of carbonyl (C=O) groups excluding carboxylic acids is 1. The average molecular weight is 260 g/mol. The first kappa shape index (κ1) is 14.7. The fraction of sp³-hybridized carbons (Fsp3) is 0.909. The van der Waals surface area contributed by atoms with Gasteiger partial charge in [0.05, 0.1) is 6.04 Å². The first-order valence-corrected chi connectivity index (χ1v) is 5.96. The van der Waals surface area contributed by atoms with Crippen LogP contribution >= 0.6 is 0 Å². The Hall–Kier alpha value is -1.37. The van der Waals surface area contributed by atoms with E-state index in [0.717, 1.165) is 0 Å². The van der Waals surface area contributed by atoms with Crippen molar-refractivity contribution in [2.75, 3.05) is 6.54 Å². The van der Waals surface area contributed by atoms with E-state index in [4.69, 9.17) is 4.74 Å². The molecule has 0 bridgehead atoms. The lowest BCUT2D eigenvalue weighted by Crippen LogP contribution is -2.53. The number of hydrogen-bond donors (Lipinski definition) is 2. The third-order valence-electron chi connectivity index (χ3n) is 2.84. The molecule has 0 aromatic heterocycles. The topological polar surface area (TPSA) is 102 Å². The van der Waals surface area contributed by atoms with Crippen LogP contribution in [0.5, 0.6) is 0 Å². The molecule has 7 nitrogen and oxygen atoms in total. The molecule has 1 rings (SSSR count). The van der Waals surface area contributed by atoms with Crippen LogP contribution in [0.15, 0.2) is 0 Å². The number of amides is 1. The molecule has 104 valence electrons. The molecule has 0 heterocycles. The van der Waals surface area contributed by atoms with Gasteiger partial charge in [0.1, 0.15) is 11.2 Å². The molecule has 0 aromatic carbocycles. The third-order valence-corrected chi connectivity index (χ3v) is 2.84. The molecular weight excluding hydrogens is 240 g/mol. The molecule has 0 aromatic rings. The Kier molecular flexibility index (Phi) is 4.16. The minimum absolute atomic E-state index is 0.314. The maximum atomic E-state index is 11.6. The highest BCUT2D eigenvalue weighted by Crippen LogP contribution is 2.30. The number of ether oxygens (including phenoxy) is 1. The van der Waals surface area contributed by atoms with Crippen LogP contribution in [0.4, 0.5) is 4.79 Å². The normalized spacial score (nSPS) is 27.9. The van der Waals surface area contributed by atoms with Crippen molar-refractivity contribution in [1.82, 2.24) is 5.32 Å². The van der Waals surface area contributed by atoms with Crippen molar-refractivity contribution >= 4 is 6.09 Å². The number of nitrogens with one attached hydrogen (secondary N) is 1. The molecule has 1 aliphatic rings. The van der Waals surface area contributed by atoms with Gasteiger partial charge in [-0.15, -0.1) is 0 Å². The number of carbonyl (C=O) groups is 1. The molecule has 0 spiro atoms. The summed E-state index contributed by atoms with van der Waals surface area (Å²) in [7, 11) is 0. The van der Waals surface area contributed by atoms with Crippen LogP contribution in [-0.2, 0) is 4.74 Å². The van der Waals surface area contributed by atoms with Crippen LogP contribution in [0.1, 0.15) is 40.0 Å². The first-order chi connectivity index (χ1) is 8.12. The molecule has 18 heavy (non-hydrogen) atoms. The number of rotatable bonds is 3. The molecule has 7 heteroatoms. The lowest BCUT2D eigenvalue weighted by molar-refractivity contribution is -0.501. The van der Waals surface area contributed by atoms with E-state index < -0.39 is 34.8 Å². The van der Waals surface area contributed by atoms with Crippen molar-refractivity contribution in [1.29, 1.82) is 0 Å². The minimum Gasteiger partial charge on any atom is -0.444 e. The Bertz CT molecular complexity index is 339. The molecule has 2 atom stereocenters. The highest BCUT2D eigenvalue weighted by atomic mass is 16.6. The SMILES string of the molecule is CC(C)(C)OC(=O)NC1CCCC1(O)C[N+](=O)[O-]. The van der Waals surface area contributed by atoms with Gasteiger partial charge in [0.2, 0.25) is 6.54 Å². The molecule has 0 radical (unpaired) electrons. The summed E-state index contributed by atoms with van der Waals surface area (Å²) in [6, 6.07) is -0.627. The summed E-state index contributed by atoms with van der Waals surface area (Å²) in [5, 5.41) is 23.2. The minimum atomic E-state index is -1.47. The summed E-state index contributed by atoms with van der Waals surface area (Å²) in [6.45, 7) is 4.62. The van der Waals surface area contributed by atoms with Gasteiger partial charge in [-0.1, -0.05) is 0 Å². The molecule has 0 saturated heterocycles. The second kappa shape index (κ2) is 5.09. The van der Waals surface area contributed by atoms with Gasteiger partial charge >= 0.3 is 6.09 Å². The highest BCUT2D eigenvalue weighted by molar-refractivity contribution is 5.68. The van der Waals surface area contributed by atoms with Gasteiger partial charge < -0.3 is 15.2 Å². The van der Waals surface area contributed by atoms with E-state index in [9.17, 15) is 20.0 Å². The van der Waals surface area contributed by atoms with Crippen molar-refractivity contribution in [2.45, 2.75) is 57.3 Å². The predicted molar refractivity (Wildman–Crippen MR) is 63.8 cm³/mol. The van der Waals surface area contributed by atoms with E-state index in [1.54, 1.807) is 20.8 Å². The van der Waals surface area contributed by atoms with E-state index >= 15 is 0 Å². The zero-order chi connectivity index (χ0) is 14.0. The van der Waals surface area contributed by atoms with Gasteiger partial charge in [-0.3, -0.25) is 10.1 Å². The Morgan fingerprint density at radius 1 is 1.61 bits per heavy atom. The van der Waals surface area contributed by atoms with Crippen LogP contribution in [0.2, 0.25) is 0 Å². The number of alkyl carbamates (subject to hydrolysis) is 1. The predicted octanol–water partition coefficient (Wildman–Crippen LogP) is 1.07. The van der Waals surface area contributed by atoms with Gasteiger partial charge in [-0.05, 0) is 40.0 Å². The zero-order valence-corrected chi connectivity index (χ0v) is 10.9. The Morgan fingerprint density at radius 2 is 2.22 bits per heavy atom. The van der Waals surface area contributed by atoms with Gasteiger partial charge in [-0.25, -0.2) is 4.79 Å². The Balaban J connectivity index is 2.60. The summed E-state index contributed by atoms with van der Waals surface area (Å²) < 4.78 is 5.07. The quantitative estimate of drug-likeness (QED) is 0.583. The summed E-state index contributed by atoms with van der Waals surface area (Å²) in [6.07, 6.45) is 0.819. The molecule has 2 N–H and O–H groups in total. The van der Waals surface area contributed by atoms with E-state index in [2.05, 4.69) is 5.32 Å². The molecule has 1 saturated carbocycles. The van der Waals surface area contributed by atoms with Gasteiger partial charge in [0.25, 0.3) is 0 Å². The van der Waals surface area contributed by atoms with Gasteiger partial charge in [0, 0.05) is 4.92 Å². The van der Waals surface area contributed by atoms with Crippen molar-refractivity contribution < 1.29 is 19.6 Å². The van der Waals surface area contributed by atoms with Crippen LogP contribution in [0.3, 0.4) is 0 Å². The van der Waals surface area contributed by atoms with Crippen molar-refractivity contribution in [3.05, 3.63) is 10.1 Å². The van der Waals surface area contributed by atoms with Gasteiger partial charge in [0.15, 0.2) is 0 Å². The van der Waals surface area contributed by atoms with E-state index in [0.29, 0.717) is 19.3 Å². The molecule has 0 aliphatic heterocycles. The Morgan fingerprint density at radius 3 is 2.72 bits per heavy atom. The lowest BCUT2D eigenvalue weighted by Gasteiger charge is -2.28. The van der Waals surface area contributed by atoms with Gasteiger partial charge in [-0.2, -0.15) is 0 Å². The van der Waals surface area contributed by atoms with Crippen LogP contribution in [0, 0.1) is 10.1 Å². The standard InChI is InChI=1S/C11H20N2O5/c1-10(2,3)18-9(14)12-8-5-4-6-11(8,15)7-13(16)17/h8,15H,4-7H2,1-3H3,(H,12,14). The van der Waals surface area contributed by atoms with Crippen molar-refractivity contribution in [2.24, 2.45) is 0 Å². The van der Waals surface area contributed by atoms with E-state index in [-0.39, 0.29) is 0 Å². The second-order valence-electron chi connectivity index (χ2n) is 5.69. The maximum absolute atomic E-state index is 11.6. The molecule has 2 unspecified atom stereocenters. The number of nitro groups is 1. The third kappa shape index (κ3) is 4.14. The second-order valence-corrected chi connectivity index (χ2v) is 5.69. The summed E-state index contributed by atoms with van der Waals surface area (Å²) >= 11 is 0. The highest BCUT2D eigenvalue weighted by Gasteiger charge is 2.46. The first-order valence-electron chi connectivity index (χ1n) is 5.96. The zero-order valence-electron chi connectivity index (χ0n) is 10.9. The molecule has 1 amide bonds. The lowest BCUT2D eigenvalue weighted by atomic mass is 9.98. The maximum Gasteiger partial charge on any atom is 0.407 e. The number of aliphatic hydroxyl groups is 1.